The summed E-state index contributed by atoms with van der Waals surface area (Å²) in [4.78, 5) is 8.20. The normalized spacial score (nSPS) is 15.1. The Bertz CT molecular complexity index is 673. The minimum atomic E-state index is 0.784. The summed E-state index contributed by atoms with van der Waals surface area (Å²) in [7, 11) is 4.13. The van der Waals surface area contributed by atoms with Crippen molar-refractivity contribution in [1.29, 1.82) is 0 Å². The predicted octanol–water partition coefficient (Wildman–Crippen LogP) is 3.53. The smallest absolute Gasteiger partial charge is 0.135 e. The molecular formula is C16H20N4S. The van der Waals surface area contributed by atoms with Gasteiger partial charge in [-0.2, -0.15) is 0 Å². The van der Waals surface area contributed by atoms with Gasteiger partial charge in [-0.3, -0.25) is 4.99 Å². The number of thiophene rings is 1. The lowest BCUT2D eigenvalue weighted by molar-refractivity contribution is 0.420. The molecule has 21 heavy (non-hydrogen) atoms. The zero-order chi connectivity index (χ0) is 14.8. The molecule has 1 aliphatic heterocycles. The van der Waals surface area contributed by atoms with E-state index in [0.717, 1.165) is 40.9 Å². The third-order valence-corrected chi connectivity index (χ3v) is 4.32. The van der Waals surface area contributed by atoms with Gasteiger partial charge in [0, 0.05) is 11.4 Å². The average molecular weight is 300 g/mol. The molecule has 0 unspecified atom stereocenters. The molecule has 0 amide bonds. The van der Waals surface area contributed by atoms with Crippen molar-refractivity contribution in [3.05, 3.63) is 40.8 Å². The number of fused-ring (bicyclic) bond motifs is 2. The number of aryl methyl sites for hydroxylation is 1. The number of para-hydroxylation sites is 2. The summed E-state index contributed by atoms with van der Waals surface area (Å²) >= 11 is 1.77. The molecule has 1 aromatic carbocycles. The van der Waals surface area contributed by atoms with Crippen LogP contribution in [-0.4, -0.2) is 37.9 Å². The molecule has 5 heteroatoms. The molecule has 110 valence electrons. The van der Waals surface area contributed by atoms with Gasteiger partial charge in [0.05, 0.1) is 23.5 Å². The maximum absolute atomic E-state index is 4.77. The number of amidine groups is 1. The summed E-state index contributed by atoms with van der Waals surface area (Å²) in [5.41, 5.74) is 3.33. The molecule has 4 nitrogen and oxygen atoms in total. The van der Waals surface area contributed by atoms with Crippen molar-refractivity contribution in [3.8, 4) is 0 Å². The van der Waals surface area contributed by atoms with Gasteiger partial charge in [0.25, 0.3) is 0 Å². The number of hydrogen-bond donors (Lipinski definition) is 2. The number of benzene rings is 1. The summed E-state index contributed by atoms with van der Waals surface area (Å²) in [6, 6.07) is 10.4. The minimum Gasteiger partial charge on any atom is -0.345 e. The number of anilines is 3. The highest BCUT2D eigenvalue weighted by Crippen LogP contribution is 2.36. The molecule has 0 bridgehead atoms. The fourth-order valence-corrected chi connectivity index (χ4v) is 3.21. The standard InChI is InChI=1S/C16H20N4S/c1-11-10-12-15(17-8-9-20(2)3)18-13-6-4-5-7-14(13)19-16(12)21-11/h4-7,10,19H,8-9H2,1-3H3,(H,17,18). The van der Waals surface area contributed by atoms with E-state index in [2.05, 4.69) is 54.8 Å². The Morgan fingerprint density at radius 1 is 1.14 bits per heavy atom. The Kier molecular flexibility index (Phi) is 3.94. The van der Waals surface area contributed by atoms with Gasteiger partial charge in [-0.15, -0.1) is 11.3 Å². The number of nitrogens with one attached hydrogen (secondary N) is 2. The fourth-order valence-electron chi connectivity index (χ4n) is 2.29. The van der Waals surface area contributed by atoms with Crippen molar-refractivity contribution in [2.45, 2.75) is 6.92 Å². The Morgan fingerprint density at radius 2 is 1.86 bits per heavy atom. The van der Waals surface area contributed by atoms with E-state index in [1.54, 1.807) is 11.3 Å². The highest BCUT2D eigenvalue weighted by Gasteiger charge is 2.19. The van der Waals surface area contributed by atoms with Crippen LogP contribution in [0.25, 0.3) is 0 Å². The van der Waals surface area contributed by atoms with E-state index in [0.29, 0.717) is 0 Å². The maximum atomic E-state index is 4.77. The van der Waals surface area contributed by atoms with E-state index in [9.17, 15) is 0 Å². The van der Waals surface area contributed by atoms with Crippen LogP contribution in [0, 0.1) is 6.92 Å². The first-order valence-electron chi connectivity index (χ1n) is 7.06. The molecule has 2 N–H and O–H groups in total. The molecule has 0 aliphatic carbocycles. The second-order valence-electron chi connectivity index (χ2n) is 5.43. The summed E-state index contributed by atoms with van der Waals surface area (Å²) in [6.45, 7) is 3.86. The lowest BCUT2D eigenvalue weighted by Crippen LogP contribution is -2.18. The highest BCUT2D eigenvalue weighted by molar-refractivity contribution is 7.16. The van der Waals surface area contributed by atoms with Crippen LogP contribution in [0.4, 0.5) is 16.4 Å². The van der Waals surface area contributed by atoms with Crippen molar-refractivity contribution in [1.82, 2.24) is 4.90 Å². The van der Waals surface area contributed by atoms with Crippen molar-refractivity contribution in [3.63, 3.8) is 0 Å². The zero-order valence-electron chi connectivity index (χ0n) is 12.6. The Morgan fingerprint density at radius 3 is 2.57 bits per heavy atom. The van der Waals surface area contributed by atoms with Crippen LogP contribution in [0.2, 0.25) is 0 Å². The minimum absolute atomic E-state index is 0.784. The van der Waals surface area contributed by atoms with Gasteiger partial charge in [0.2, 0.25) is 0 Å². The molecule has 3 rings (SSSR count). The first-order valence-corrected chi connectivity index (χ1v) is 7.88. The maximum Gasteiger partial charge on any atom is 0.135 e. The molecule has 2 aromatic rings. The average Bonchev–Trinajstić information content (AvgIpc) is 2.73. The van der Waals surface area contributed by atoms with Gasteiger partial charge in [-0.05, 0) is 39.2 Å². The molecule has 0 saturated carbocycles. The van der Waals surface area contributed by atoms with E-state index in [1.165, 1.54) is 4.88 Å². The van der Waals surface area contributed by atoms with Crippen molar-refractivity contribution in [2.75, 3.05) is 37.8 Å². The van der Waals surface area contributed by atoms with E-state index in [1.807, 2.05) is 12.1 Å². The highest BCUT2D eigenvalue weighted by atomic mass is 32.1. The van der Waals surface area contributed by atoms with Crippen LogP contribution in [0.5, 0.6) is 0 Å². The summed E-state index contributed by atoms with van der Waals surface area (Å²) in [6.07, 6.45) is 0. The number of nitrogens with zero attached hydrogens (tertiary/aromatic N) is 2. The molecule has 0 radical (unpaired) electrons. The lowest BCUT2D eigenvalue weighted by atomic mass is 10.2. The summed E-state index contributed by atoms with van der Waals surface area (Å²) < 4.78 is 0. The summed E-state index contributed by atoms with van der Waals surface area (Å²) in [5.74, 6) is 0.952. The molecule has 0 fully saturated rings. The first-order chi connectivity index (χ1) is 10.1. The van der Waals surface area contributed by atoms with Crippen molar-refractivity contribution < 1.29 is 0 Å². The second-order valence-corrected chi connectivity index (χ2v) is 6.69. The SMILES string of the molecule is Cc1cc2c(s1)Nc1ccccc1NC2=NCCN(C)C. The topological polar surface area (TPSA) is 39.7 Å². The Labute approximate surface area is 129 Å². The summed E-state index contributed by atoms with van der Waals surface area (Å²) in [5, 5.41) is 8.16. The van der Waals surface area contributed by atoms with Crippen LogP contribution in [0.15, 0.2) is 35.3 Å². The molecule has 2 heterocycles. The van der Waals surface area contributed by atoms with Gasteiger partial charge in [-0.25, -0.2) is 0 Å². The molecular weight excluding hydrogens is 280 g/mol. The number of aliphatic imine (C=N–C) groups is 1. The van der Waals surface area contributed by atoms with E-state index < -0.39 is 0 Å². The number of rotatable bonds is 3. The molecule has 0 atom stereocenters. The monoisotopic (exact) mass is 300 g/mol. The van der Waals surface area contributed by atoms with Crippen LogP contribution in [0.3, 0.4) is 0 Å². The Balaban J connectivity index is 1.98. The molecule has 0 spiro atoms. The third-order valence-electron chi connectivity index (χ3n) is 3.36. The van der Waals surface area contributed by atoms with E-state index in [4.69, 9.17) is 4.99 Å². The van der Waals surface area contributed by atoms with Crippen molar-refractivity contribution >= 4 is 33.5 Å². The van der Waals surface area contributed by atoms with Gasteiger partial charge >= 0.3 is 0 Å². The van der Waals surface area contributed by atoms with Crippen LogP contribution < -0.4 is 10.6 Å². The molecule has 1 aromatic heterocycles. The van der Waals surface area contributed by atoms with Crippen molar-refractivity contribution in [2.24, 2.45) is 4.99 Å². The number of hydrogen-bond acceptors (Lipinski definition) is 4. The Hall–Kier alpha value is -1.85. The van der Waals surface area contributed by atoms with E-state index >= 15 is 0 Å². The van der Waals surface area contributed by atoms with Gasteiger partial charge in [-0.1, -0.05) is 12.1 Å². The quantitative estimate of drug-likeness (QED) is 0.911. The van der Waals surface area contributed by atoms with E-state index in [-0.39, 0.29) is 0 Å². The van der Waals surface area contributed by atoms with Gasteiger partial charge in [0.15, 0.2) is 0 Å². The fraction of sp³-hybridized carbons (Fsp3) is 0.312. The van der Waals surface area contributed by atoms with Gasteiger partial charge < -0.3 is 15.5 Å². The number of likely N-dealkylation sites (N-methyl/N-ethyl adjacent to an activating group) is 1. The first kappa shape index (κ1) is 14.1. The lowest BCUT2D eigenvalue weighted by Gasteiger charge is -2.10. The zero-order valence-corrected chi connectivity index (χ0v) is 13.4. The largest absolute Gasteiger partial charge is 0.345 e. The van der Waals surface area contributed by atoms with Crippen LogP contribution >= 0.6 is 11.3 Å². The molecule has 0 saturated heterocycles. The van der Waals surface area contributed by atoms with Gasteiger partial charge in [0.1, 0.15) is 10.8 Å². The predicted molar refractivity (Wildman–Crippen MR) is 92.4 cm³/mol. The van der Waals surface area contributed by atoms with Crippen LogP contribution in [0.1, 0.15) is 10.4 Å². The second kappa shape index (κ2) is 5.87. The van der Waals surface area contributed by atoms with Crippen LogP contribution in [-0.2, 0) is 0 Å². The third kappa shape index (κ3) is 3.09. The molecule has 1 aliphatic rings.